The fourth-order valence-electron chi connectivity index (χ4n) is 2.58. The molecule has 19 heavy (non-hydrogen) atoms. The van der Waals surface area contributed by atoms with Crippen LogP contribution in [0.5, 0.6) is 0 Å². The average Bonchev–Trinajstić information content (AvgIpc) is 2.46. The zero-order chi connectivity index (χ0) is 13.7. The summed E-state index contributed by atoms with van der Waals surface area (Å²) < 4.78 is 0. The van der Waals surface area contributed by atoms with Gasteiger partial charge in [0.2, 0.25) is 0 Å². The molecule has 0 amide bonds. The molecule has 0 saturated carbocycles. The molecular formula is C17H22OS. The molecule has 2 heteroatoms. The zero-order valence-electron chi connectivity index (χ0n) is 11.6. The lowest BCUT2D eigenvalue weighted by molar-refractivity contribution is 0.278. The SMILES string of the molecule is CCCS(c1ccccc1)(c1ccccc1)C(C)O. The highest BCUT2D eigenvalue weighted by molar-refractivity contribution is 8.34. The van der Waals surface area contributed by atoms with E-state index in [1.54, 1.807) is 0 Å². The molecule has 0 aliphatic heterocycles. The minimum atomic E-state index is -1.37. The molecule has 1 N–H and O–H groups in total. The Labute approximate surface area is 117 Å². The van der Waals surface area contributed by atoms with Gasteiger partial charge in [0.15, 0.2) is 0 Å². The van der Waals surface area contributed by atoms with E-state index in [4.69, 9.17) is 0 Å². The second-order valence-corrected chi connectivity index (χ2v) is 8.34. The summed E-state index contributed by atoms with van der Waals surface area (Å²) in [6.07, 6.45) is 1.07. The van der Waals surface area contributed by atoms with E-state index in [-0.39, 0.29) is 5.44 Å². The summed E-state index contributed by atoms with van der Waals surface area (Å²) in [5, 5.41) is 10.5. The van der Waals surface area contributed by atoms with E-state index in [2.05, 4.69) is 55.5 Å². The minimum Gasteiger partial charge on any atom is -0.384 e. The fourth-order valence-corrected chi connectivity index (χ4v) is 6.39. The van der Waals surface area contributed by atoms with Gasteiger partial charge in [0.1, 0.15) is 0 Å². The molecule has 0 radical (unpaired) electrons. The zero-order valence-corrected chi connectivity index (χ0v) is 12.4. The van der Waals surface area contributed by atoms with Crippen molar-refractivity contribution in [3.8, 4) is 0 Å². The van der Waals surface area contributed by atoms with E-state index in [1.165, 1.54) is 9.79 Å². The molecule has 0 aromatic heterocycles. The monoisotopic (exact) mass is 274 g/mol. The van der Waals surface area contributed by atoms with E-state index >= 15 is 0 Å². The standard InChI is InChI=1S/C17H22OS/c1-3-14-19(15(2)18,16-10-6-4-7-11-16)17-12-8-5-9-13-17/h4-13,15,18H,3,14H2,1-2H3. The molecule has 1 nitrogen and oxygen atoms in total. The van der Waals surface area contributed by atoms with Gasteiger partial charge in [-0.3, -0.25) is 0 Å². The Kier molecular flexibility index (Phi) is 4.67. The maximum Gasteiger partial charge on any atom is 0.0888 e. The van der Waals surface area contributed by atoms with Crippen LogP contribution in [0.4, 0.5) is 0 Å². The highest BCUT2D eigenvalue weighted by atomic mass is 32.3. The molecule has 102 valence electrons. The largest absolute Gasteiger partial charge is 0.384 e. The number of hydrogen-bond donors (Lipinski definition) is 1. The van der Waals surface area contributed by atoms with Crippen LogP contribution in [0.25, 0.3) is 0 Å². The second-order valence-electron chi connectivity index (χ2n) is 4.72. The minimum absolute atomic E-state index is 0.336. The highest BCUT2D eigenvalue weighted by Gasteiger charge is 2.32. The van der Waals surface area contributed by atoms with Gasteiger partial charge in [-0.1, -0.05) is 43.3 Å². The van der Waals surface area contributed by atoms with Gasteiger partial charge >= 0.3 is 0 Å². The molecule has 0 fully saturated rings. The molecular weight excluding hydrogens is 252 g/mol. The Morgan fingerprint density at radius 2 is 1.32 bits per heavy atom. The molecule has 0 heterocycles. The van der Waals surface area contributed by atoms with Crippen molar-refractivity contribution in [1.29, 1.82) is 0 Å². The summed E-state index contributed by atoms with van der Waals surface area (Å²) >= 11 is 0. The molecule has 0 bridgehead atoms. The van der Waals surface area contributed by atoms with Crippen LogP contribution in [-0.2, 0) is 0 Å². The summed E-state index contributed by atoms with van der Waals surface area (Å²) in [5.41, 5.74) is -0.336. The van der Waals surface area contributed by atoms with Crippen LogP contribution in [0.2, 0.25) is 0 Å². The van der Waals surface area contributed by atoms with Crippen molar-refractivity contribution in [2.45, 2.75) is 35.5 Å². The lowest BCUT2D eigenvalue weighted by atomic mass is 10.4. The Bertz CT molecular complexity index is 454. The maximum absolute atomic E-state index is 10.5. The van der Waals surface area contributed by atoms with Crippen LogP contribution in [0.3, 0.4) is 0 Å². The van der Waals surface area contributed by atoms with Crippen molar-refractivity contribution in [3.63, 3.8) is 0 Å². The van der Waals surface area contributed by atoms with Crippen molar-refractivity contribution < 1.29 is 5.11 Å². The van der Waals surface area contributed by atoms with Crippen molar-refractivity contribution in [3.05, 3.63) is 60.7 Å². The van der Waals surface area contributed by atoms with Gasteiger partial charge in [-0.05, 0) is 53.2 Å². The molecule has 0 saturated heterocycles. The van der Waals surface area contributed by atoms with Crippen molar-refractivity contribution in [2.24, 2.45) is 0 Å². The summed E-state index contributed by atoms with van der Waals surface area (Å²) in [6, 6.07) is 21.0. The first-order valence-corrected chi connectivity index (χ1v) is 8.66. The van der Waals surface area contributed by atoms with Crippen LogP contribution in [0, 0.1) is 0 Å². The Morgan fingerprint density at radius 1 is 0.895 bits per heavy atom. The number of benzene rings is 2. The molecule has 2 rings (SSSR count). The van der Waals surface area contributed by atoms with E-state index in [9.17, 15) is 5.11 Å². The van der Waals surface area contributed by atoms with E-state index in [0.717, 1.165) is 12.2 Å². The predicted octanol–water partition coefficient (Wildman–Crippen LogP) is 4.66. The number of hydrogen-bond acceptors (Lipinski definition) is 1. The van der Waals surface area contributed by atoms with Gasteiger partial charge < -0.3 is 5.11 Å². The Balaban J connectivity index is 2.61. The van der Waals surface area contributed by atoms with Gasteiger partial charge in [-0.15, -0.1) is 0 Å². The molecule has 2 aromatic carbocycles. The highest BCUT2D eigenvalue weighted by Crippen LogP contribution is 2.65. The fraction of sp³-hybridized carbons (Fsp3) is 0.294. The average molecular weight is 274 g/mol. The summed E-state index contributed by atoms with van der Waals surface area (Å²) in [6.45, 7) is 4.13. The summed E-state index contributed by atoms with van der Waals surface area (Å²) in [7, 11) is -1.37. The van der Waals surface area contributed by atoms with Crippen molar-refractivity contribution in [1.82, 2.24) is 0 Å². The number of rotatable bonds is 5. The topological polar surface area (TPSA) is 20.2 Å². The molecule has 1 atom stereocenters. The predicted molar refractivity (Wildman–Crippen MR) is 83.8 cm³/mol. The van der Waals surface area contributed by atoms with E-state index < -0.39 is 10.0 Å². The quantitative estimate of drug-likeness (QED) is 0.841. The van der Waals surface area contributed by atoms with Crippen LogP contribution in [0.15, 0.2) is 70.5 Å². The summed E-state index contributed by atoms with van der Waals surface area (Å²) in [4.78, 5) is 2.55. The first-order chi connectivity index (χ1) is 9.21. The van der Waals surface area contributed by atoms with E-state index in [0.29, 0.717) is 0 Å². The van der Waals surface area contributed by atoms with Gasteiger partial charge in [-0.25, -0.2) is 0 Å². The Morgan fingerprint density at radius 3 is 1.63 bits per heavy atom. The van der Waals surface area contributed by atoms with Crippen LogP contribution < -0.4 is 0 Å². The molecule has 0 aliphatic rings. The number of aliphatic hydroxyl groups excluding tert-OH is 1. The first kappa shape index (κ1) is 14.2. The van der Waals surface area contributed by atoms with E-state index in [1.807, 2.05) is 19.1 Å². The third-order valence-corrected chi connectivity index (χ3v) is 7.88. The third kappa shape index (κ3) is 2.70. The van der Waals surface area contributed by atoms with Crippen molar-refractivity contribution in [2.75, 3.05) is 5.75 Å². The van der Waals surface area contributed by atoms with Crippen LogP contribution in [-0.4, -0.2) is 16.3 Å². The molecule has 0 spiro atoms. The third-order valence-electron chi connectivity index (χ3n) is 3.44. The van der Waals surface area contributed by atoms with Gasteiger partial charge in [0.05, 0.1) is 5.44 Å². The van der Waals surface area contributed by atoms with Crippen LogP contribution >= 0.6 is 10.0 Å². The molecule has 1 unspecified atom stereocenters. The lowest BCUT2D eigenvalue weighted by Crippen LogP contribution is -2.19. The molecule has 0 aliphatic carbocycles. The van der Waals surface area contributed by atoms with Gasteiger partial charge in [0.25, 0.3) is 0 Å². The summed E-state index contributed by atoms with van der Waals surface area (Å²) in [5.74, 6) is 1.03. The molecule has 2 aromatic rings. The van der Waals surface area contributed by atoms with Crippen LogP contribution in [0.1, 0.15) is 20.3 Å². The Hall–Kier alpha value is -1.25. The smallest absolute Gasteiger partial charge is 0.0888 e. The van der Waals surface area contributed by atoms with Gasteiger partial charge in [0, 0.05) is 0 Å². The number of aliphatic hydroxyl groups is 1. The van der Waals surface area contributed by atoms with Gasteiger partial charge in [-0.2, -0.15) is 10.0 Å². The second kappa shape index (κ2) is 6.27. The van der Waals surface area contributed by atoms with Crippen molar-refractivity contribution >= 4 is 10.0 Å². The first-order valence-electron chi connectivity index (χ1n) is 6.80. The normalized spacial score (nSPS) is 14.1. The lowest BCUT2D eigenvalue weighted by Gasteiger charge is -2.43. The maximum atomic E-state index is 10.5.